The van der Waals surface area contributed by atoms with E-state index in [0.717, 1.165) is 25.7 Å². The van der Waals surface area contributed by atoms with Crippen LogP contribution in [0.15, 0.2) is 48.2 Å². The van der Waals surface area contributed by atoms with Crippen molar-refractivity contribution in [3.8, 4) is 0 Å². The molecule has 2 fully saturated rings. The fourth-order valence-corrected chi connectivity index (χ4v) is 5.60. The molecule has 3 aliphatic rings. The van der Waals surface area contributed by atoms with Gasteiger partial charge in [-0.1, -0.05) is 48.7 Å². The van der Waals surface area contributed by atoms with E-state index < -0.39 is 12.0 Å². The molecule has 0 aromatic heterocycles. The number of piperazine rings is 1. The highest BCUT2D eigenvalue weighted by atomic mass is 35.5. The first-order chi connectivity index (χ1) is 17.4. The van der Waals surface area contributed by atoms with Gasteiger partial charge in [-0.2, -0.15) is 0 Å². The van der Waals surface area contributed by atoms with Gasteiger partial charge < -0.3 is 15.0 Å². The Morgan fingerprint density at radius 3 is 2.50 bits per heavy atom. The summed E-state index contributed by atoms with van der Waals surface area (Å²) in [4.78, 5) is 45.1. The van der Waals surface area contributed by atoms with E-state index in [4.69, 9.17) is 16.3 Å². The van der Waals surface area contributed by atoms with Crippen LogP contribution >= 0.6 is 11.6 Å². The lowest BCUT2D eigenvalue weighted by atomic mass is 9.94. The number of nitrogens with zero attached hydrogens (tertiary/aromatic N) is 3. The summed E-state index contributed by atoms with van der Waals surface area (Å²) in [5, 5.41) is 3.40. The molecule has 0 bridgehead atoms. The summed E-state index contributed by atoms with van der Waals surface area (Å²) in [6.45, 7) is 8.99. The zero-order valence-electron chi connectivity index (χ0n) is 20.9. The number of esters is 1. The number of ether oxygens (including phenoxy) is 1. The molecule has 1 aliphatic carbocycles. The van der Waals surface area contributed by atoms with E-state index in [1.54, 1.807) is 30.0 Å². The van der Waals surface area contributed by atoms with Crippen molar-refractivity contribution in [1.82, 2.24) is 20.0 Å². The van der Waals surface area contributed by atoms with Crippen molar-refractivity contribution in [2.75, 3.05) is 45.9 Å². The van der Waals surface area contributed by atoms with Crippen LogP contribution in [0, 0.1) is 5.92 Å². The molecule has 1 saturated heterocycles. The Kier molecular flexibility index (Phi) is 8.69. The number of hydrogen-bond donors (Lipinski definition) is 1. The lowest BCUT2D eigenvalue weighted by Gasteiger charge is -2.41. The van der Waals surface area contributed by atoms with Gasteiger partial charge in [-0.25, -0.2) is 9.59 Å². The number of rotatable bonds is 8. The van der Waals surface area contributed by atoms with Gasteiger partial charge in [-0.3, -0.25) is 14.6 Å². The van der Waals surface area contributed by atoms with E-state index in [-0.39, 0.29) is 31.0 Å². The van der Waals surface area contributed by atoms with E-state index >= 15 is 0 Å². The molecule has 36 heavy (non-hydrogen) atoms. The number of carbonyl (C=O) groups excluding carboxylic acids is 3. The third-order valence-electron chi connectivity index (χ3n) is 7.22. The van der Waals surface area contributed by atoms with E-state index in [9.17, 15) is 14.4 Å². The first-order valence-corrected chi connectivity index (χ1v) is 13.2. The van der Waals surface area contributed by atoms with Gasteiger partial charge in [0.05, 0.1) is 18.2 Å². The Hall–Kier alpha value is -2.84. The molecular formula is C27H35ClN4O4. The van der Waals surface area contributed by atoms with Gasteiger partial charge in [0.2, 0.25) is 5.91 Å². The van der Waals surface area contributed by atoms with Crippen LogP contribution in [-0.4, -0.2) is 78.5 Å². The second-order valence-corrected chi connectivity index (χ2v) is 9.87. The van der Waals surface area contributed by atoms with Gasteiger partial charge in [0.1, 0.15) is 0 Å². The molecule has 4 rings (SSSR count). The lowest BCUT2D eigenvalue weighted by molar-refractivity contribution is -0.139. The second-order valence-electron chi connectivity index (χ2n) is 9.47. The van der Waals surface area contributed by atoms with Crippen molar-refractivity contribution in [2.24, 2.45) is 5.92 Å². The molecule has 9 heteroatoms. The van der Waals surface area contributed by atoms with E-state index in [1.165, 1.54) is 0 Å². The Bertz CT molecular complexity index is 1030. The van der Waals surface area contributed by atoms with Crippen molar-refractivity contribution < 1.29 is 19.1 Å². The van der Waals surface area contributed by atoms with Crippen LogP contribution in [0.25, 0.3) is 0 Å². The number of benzene rings is 1. The summed E-state index contributed by atoms with van der Waals surface area (Å²) in [5.41, 5.74) is 1.59. The SMILES string of the molecule is C=CCN1C(=O)NC(c2ccccc2Cl)C(C(=O)OCC)=C1CN1CCN(C(=O)C2CCCC2)CC1. The first-order valence-electron chi connectivity index (χ1n) is 12.8. The topological polar surface area (TPSA) is 82.2 Å². The minimum absolute atomic E-state index is 0.163. The highest BCUT2D eigenvalue weighted by molar-refractivity contribution is 6.31. The zero-order valence-corrected chi connectivity index (χ0v) is 21.6. The molecule has 1 saturated carbocycles. The highest BCUT2D eigenvalue weighted by Gasteiger charge is 2.39. The summed E-state index contributed by atoms with van der Waals surface area (Å²) in [6, 6.07) is 6.13. The smallest absolute Gasteiger partial charge is 0.338 e. The van der Waals surface area contributed by atoms with Crippen LogP contribution in [-0.2, 0) is 14.3 Å². The number of halogens is 1. The van der Waals surface area contributed by atoms with Gasteiger partial charge in [0, 0.05) is 55.9 Å². The van der Waals surface area contributed by atoms with Gasteiger partial charge in [0.25, 0.3) is 0 Å². The van der Waals surface area contributed by atoms with Crippen LogP contribution in [0.2, 0.25) is 5.02 Å². The van der Waals surface area contributed by atoms with Crippen LogP contribution in [0.1, 0.15) is 44.2 Å². The van der Waals surface area contributed by atoms with E-state index in [1.807, 2.05) is 17.0 Å². The Morgan fingerprint density at radius 1 is 1.17 bits per heavy atom. The lowest BCUT2D eigenvalue weighted by Crippen LogP contribution is -2.54. The molecular weight excluding hydrogens is 480 g/mol. The zero-order chi connectivity index (χ0) is 25.7. The number of urea groups is 1. The molecule has 1 unspecified atom stereocenters. The number of hydrogen-bond acceptors (Lipinski definition) is 5. The van der Waals surface area contributed by atoms with Crippen molar-refractivity contribution >= 4 is 29.5 Å². The Balaban J connectivity index is 1.62. The molecule has 2 aliphatic heterocycles. The maximum Gasteiger partial charge on any atom is 0.338 e. The fourth-order valence-electron chi connectivity index (χ4n) is 5.36. The van der Waals surface area contributed by atoms with Gasteiger partial charge in [0.15, 0.2) is 0 Å². The monoisotopic (exact) mass is 514 g/mol. The van der Waals surface area contributed by atoms with Gasteiger partial charge >= 0.3 is 12.0 Å². The Morgan fingerprint density at radius 2 is 1.86 bits per heavy atom. The predicted octanol–water partition coefficient (Wildman–Crippen LogP) is 3.74. The summed E-state index contributed by atoms with van der Waals surface area (Å²) < 4.78 is 5.44. The van der Waals surface area contributed by atoms with E-state index in [2.05, 4.69) is 16.8 Å². The quantitative estimate of drug-likeness (QED) is 0.422. The minimum Gasteiger partial charge on any atom is -0.463 e. The van der Waals surface area contributed by atoms with Crippen molar-refractivity contribution in [3.05, 3.63) is 58.8 Å². The van der Waals surface area contributed by atoms with Crippen molar-refractivity contribution in [2.45, 2.75) is 38.6 Å². The molecule has 0 spiro atoms. The van der Waals surface area contributed by atoms with Crippen LogP contribution < -0.4 is 5.32 Å². The summed E-state index contributed by atoms with van der Waals surface area (Å²) in [7, 11) is 0. The number of amides is 3. The molecule has 194 valence electrons. The summed E-state index contributed by atoms with van der Waals surface area (Å²) in [5.74, 6) is -0.0552. The Labute approximate surface area is 217 Å². The maximum atomic E-state index is 13.3. The molecule has 3 amide bonds. The average Bonchev–Trinajstić information content (AvgIpc) is 3.41. The maximum absolute atomic E-state index is 13.3. The first kappa shape index (κ1) is 26.2. The third kappa shape index (κ3) is 5.60. The van der Waals surface area contributed by atoms with Crippen LogP contribution in [0.5, 0.6) is 0 Å². The molecule has 1 aromatic carbocycles. The van der Waals surface area contributed by atoms with Crippen LogP contribution in [0.4, 0.5) is 4.79 Å². The minimum atomic E-state index is -0.730. The molecule has 1 N–H and O–H groups in total. The molecule has 1 atom stereocenters. The number of nitrogens with one attached hydrogen (secondary N) is 1. The van der Waals surface area contributed by atoms with Crippen LogP contribution in [0.3, 0.4) is 0 Å². The number of carbonyl (C=O) groups is 3. The third-order valence-corrected chi connectivity index (χ3v) is 7.57. The second kappa shape index (κ2) is 11.9. The van der Waals surface area contributed by atoms with E-state index in [0.29, 0.717) is 54.6 Å². The molecule has 2 heterocycles. The van der Waals surface area contributed by atoms with Crippen molar-refractivity contribution in [1.29, 1.82) is 0 Å². The predicted molar refractivity (Wildman–Crippen MR) is 138 cm³/mol. The molecule has 0 radical (unpaired) electrons. The summed E-state index contributed by atoms with van der Waals surface area (Å²) >= 11 is 6.49. The fraction of sp³-hybridized carbons (Fsp3) is 0.519. The van der Waals surface area contributed by atoms with Gasteiger partial charge in [-0.15, -0.1) is 6.58 Å². The van der Waals surface area contributed by atoms with Crippen molar-refractivity contribution in [3.63, 3.8) is 0 Å². The highest BCUT2D eigenvalue weighted by Crippen LogP contribution is 2.35. The van der Waals surface area contributed by atoms with Gasteiger partial charge in [-0.05, 0) is 31.4 Å². The average molecular weight is 515 g/mol. The molecule has 8 nitrogen and oxygen atoms in total. The standard InChI is InChI=1S/C27H35ClN4O4/c1-3-13-32-22(18-30-14-16-31(17-15-30)25(33)19-9-5-6-10-19)23(26(34)36-4-2)24(29-27(32)35)20-11-7-8-12-21(20)28/h3,7-8,11-12,19,24H,1,4-6,9-10,13-18H2,2H3,(H,29,35). The molecule has 1 aromatic rings. The largest absolute Gasteiger partial charge is 0.463 e. The summed E-state index contributed by atoms with van der Waals surface area (Å²) in [6.07, 6.45) is 5.88. The normalized spacial score (nSPS) is 21.5.